The number of ether oxygens (including phenoxy) is 1. The van der Waals surface area contributed by atoms with Gasteiger partial charge in [-0.05, 0) is 31.9 Å². The van der Waals surface area contributed by atoms with E-state index in [1.54, 1.807) is 7.11 Å². The van der Waals surface area contributed by atoms with Crippen LogP contribution in [0.2, 0.25) is 0 Å². The van der Waals surface area contributed by atoms with Crippen LogP contribution in [0.15, 0.2) is 18.2 Å². The fourth-order valence-electron chi connectivity index (χ4n) is 2.20. The molecule has 1 atom stereocenters. The summed E-state index contributed by atoms with van der Waals surface area (Å²) >= 11 is 0. The van der Waals surface area contributed by atoms with E-state index in [2.05, 4.69) is 17.9 Å². The standard InChI is InChI=1S/C12H18N2O/c1-9-4-3-7-14(9)10-5-6-11(13)12(8-10)15-2/h5-6,8-9H,3-4,7,13H2,1-2H3/t9-/m1/s1. The van der Waals surface area contributed by atoms with Crippen LogP contribution >= 0.6 is 0 Å². The van der Waals surface area contributed by atoms with Crippen LogP contribution < -0.4 is 15.4 Å². The quantitative estimate of drug-likeness (QED) is 0.754. The van der Waals surface area contributed by atoms with Gasteiger partial charge in [-0.15, -0.1) is 0 Å². The number of nitrogen functional groups attached to an aromatic ring is 1. The van der Waals surface area contributed by atoms with E-state index in [0.29, 0.717) is 11.7 Å². The molecule has 1 aliphatic rings. The first-order valence-corrected chi connectivity index (χ1v) is 5.42. The lowest BCUT2D eigenvalue weighted by Gasteiger charge is -2.24. The minimum atomic E-state index is 0.623. The van der Waals surface area contributed by atoms with E-state index < -0.39 is 0 Å². The van der Waals surface area contributed by atoms with Gasteiger partial charge in [0.15, 0.2) is 0 Å². The lowest BCUT2D eigenvalue weighted by molar-refractivity contribution is 0.417. The number of benzene rings is 1. The predicted octanol–water partition coefficient (Wildman–Crippen LogP) is 2.27. The van der Waals surface area contributed by atoms with Gasteiger partial charge in [-0.1, -0.05) is 0 Å². The summed E-state index contributed by atoms with van der Waals surface area (Å²) in [6, 6.07) is 6.63. The number of hydrogen-bond donors (Lipinski definition) is 1. The summed E-state index contributed by atoms with van der Waals surface area (Å²) in [5.74, 6) is 0.770. The van der Waals surface area contributed by atoms with Crippen molar-refractivity contribution < 1.29 is 4.74 Å². The van der Waals surface area contributed by atoms with E-state index in [9.17, 15) is 0 Å². The average molecular weight is 206 g/mol. The molecule has 15 heavy (non-hydrogen) atoms. The van der Waals surface area contributed by atoms with Crippen LogP contribution in [0, 0.1) is 0 Å². The van der Waals surface area contributed by atoms with Crippen LogP contribution in [0.3, 0.4) is 0 Å². The van der Waals surface area contributed by atoms with Gasteiger partial charge in [0.05, 0.1) is 12.8 Å². The van der Waals surface area contributed by atoms with Crippen LogP contribution in [-0.4, -0.2) is 19.7 Å². The summed E-state index contributed by atoms with van der Waals surface area (Å²) in [6.07, 6.45) is 2.54. The van der Waals surface area contributed by atoms with Crippen molar-refractivity contribution in [2.45, 2.75) is 25.8 Å². The van der Waals surface area contributed by atoms with E-state index in [1.165, 1.54) is 18.5 Å². The molecule has 1 saturated heterocycles. The highest BCUT2D eigenvalue weighted by Crippen LogP contribution is 2.31. The summed E-state index contributed by atoms with van der Waals surface area (Å²) in [5.41, 5.74) is 7.71. The van der Waals surface area contributed by atoms with Gasteiger partial charge < -0.3 is 15.4 Å². The van der Waals surface area contributed by atoms with Gasteiger partial charge in [-0.25, -0.2) is 0 Å². The average Bonchev–Trinajstić information content (AvgIpc) is 2.65. The Kier molecular flexibility index (Phi) is 2.71. The highest BCUT2D eigenvalue weighted by molar-refractivity contribution is 5.62. The number of rotatable bonds is 2. The zero-order valence-electron chi connectivity index (χ0n) is 9.36. The number of nitrogens with two attached hydrogens (primary N) is 1. The number of nitrogens with zero attached hydrogens (tertiary/aromatic N) is 1. The Morgan fingerprint density at radius 3 is 2.87 bits per heavy atom. The molecule has 0 amide bonds. The lowest BCUT2D eigenvalue weighted by atomic mass is 10.2. The molecule has 0 saturated carbocycles. The smallest absolute Gasteiger partial charge is 0.143 e. The van der Waals surface area contributed by atoms with Crippen molar-refractivity contribution in [3.05, 3.63) is 18.2 Å². The van der Waals surface area contributed by atoms with Gasteiger partial charge in [0.25, 0.3) is 0 Å². The van der Waals surface area contributed by atoms with Crippen molar-refractivity contribution in [2.24, 2.45) is 0 Å². The molecule has 0 spiro atoms. The number of anilines is 2. The summed E-state index contributed by atoms with van der Waals surface area (Å²) in [7, 11) is 1.66. The first kappa shape index (κ1) is 10.1. The zero-order valence-corrected chi connectivity index (χ0v) is 9.36. The highest BCUT2D eigenvalue weighted by atomic mass is 16.5. The maximum Gasteiger partial charge on any atom is 0.143 e. The Hall–Kier alpha value is -1.38. The van der Waals surface area contributed by atoms with Gasteiger partial charge in [-0.2, -0.15) is 0 Å². The molecule has 0 bridgehead atoms. The molecule has 0 aliphatic carbocycles. The fourth-order valence-corrected chi connectivity index (χ4v) is 2.20. The predicted molar refractivity (Wildman–Crippen MR) is 63.4 cm³/mol. The molecule has 2 rings (SSSR count). The maximum atomic E-state index is 5.79. The summed E-state index contributed by atoms with van der Waals surface area (Å²) in [5, 5.41) is 0. The van der Waals surface area contributed by atoms with Crippen LogP contribution in [0.4, 0.5) is 11.4 Å². The van der Waals surface area contributed by atoms with Gasteiger partial charge in [0.1, 0.15) is 5.75 Å². The normalized spacial score (nSPS) is 20.7. The maximum absolute atomic E-state index is 5.79. The molecule has 0 unspecified atom stereocenters. The zero-order chi connectivity index (χ0) is 10.8. The minimum absolute atomic E-state index is 0.623. The van der Waals surface area contributed by atoms with Crippen LogP contribution in [0.5, 0.6) is 5.75 Å². The SMILES string of the molecule is COc1cc(N2CCC[C@H]2C)ccc1N. The molecular formula is C12H18N2O. The Balaban J connectivity index is 2.28. The first-order valence-electron chi connectivity index (χ1n) is 5.42. The molecule has 1 aromatic rings. The Bertz CT molecular complexity index is 351. The molecule has 0 radical (unpaired) electrons. The van der Waals surface area contributed by atoms with Crippen molar-refractivity contribution in [1.82, 2.24) is 0 Å². The monoisotopic (exact) mass is 206 g/mol. The van der Waals surface area contributed by atoms with Gasteiger partial charge in [0, 0.05) is 24.3 Å². The molecular weight excluding hydrogens is 188 g/mol. The number of hydrogen-bond acceptors (Lipinski definition) is 3. The Morgan fingerprint density at radius 1 is 1.47 bits per heavy atom. The Labute approximate surface area is 90.8 Å². The molecule has 3 nitrogen and oxygen atoms in total. The molecule has 2 N–H and O–H groups in total. The highest BCUT2D eigenvalue weighted by Gasteiger charge is 2.20. The molecule has 82 valence electrons. The van der Waals surface area contributed by atoms with Crippen molar-refractivity contribution >= 4 is 11.4 Å². The summed E-state index contributed by atoms with van der Waals surface area (Å²) < 4.78 is 5.23. The molecule has 0 aromatic heterocycles. The van der Waals surface area contributed by atoms with Crippen LogP contribution in [0.1, 0.15) is 19.8 Å². The number of methoxy groups -OCH3 is 1. The molecule has 1 aromatic carbocycles. The molecule has 3 heteroatoms. The fraction of sp³-hybridized carbons (Fsp3) is 0.500. The van der Waals surface area contributed by atoms with Crippen molar-refractivity contribution in [3.63, 3.8) is 0 Å². The Morgan fingerprint density at radius 2 is 2.27 bits per heavy atom. The second kappa shape index (κ2) is 4.01. The molecule has 1 aliphatic heterocycles. The third-order valence-electron chi connectivity index (χ3n) is 3.10. The van der Waals surface area contributed by atoms with Crippen molar-refractivity contribution in [1.29, 1.82) is 0 Å². The van der Waals surface area contributed by atoms with Crippen LogP contribution in [-0.2, 0) is 0 Å². The summed E-state index contributed by atoms with van der Waals surface area (Å²) in [4.78, 5) is 2.40. The second-order valence-corrected chi connectivity index (χ2v) is 4.11. The lowest BCUT2D eigenvalue weighted by Crippen LogP contribution is -2.26. The third-order valence-corrected chi connectivity index (χ3v) is 3.10. The minimum Gasteiger partial charge on any atom is -0.495 e. The van der Waals surface area contributed by atoms with E-state index in [4.69, 9.17) is 10.5 Å². The molecule has 1 heterocycles. The third kappa shape index (κ3) is 1.87. The summed E-state index contributed by atoms with van der Waals surface area (Å²) in [6.45, 7) is 3.39. The van der Waals surface area contributed by atoms with E-state index in [-0.39, 0.29) is 0 Å². The second-order valence-electron chi connectivity index (χ2n) is 4.11. The molecule has 1 fully saturated rings. The first-order chi connectivity index (χ1) is 7.22. The van der Waals surface area contributed by atoms with Crippen molar-refractivity contribution in [3.8, 4) is 5.75 Å². The van der Waals surface area contributed by atoms with E-state index in [1.807, 2.05) is 12.1 Å². The van der Waals surface area contributed by atoms with E-state index in [0.717, 1.165) is 12.3 Å². The van der Waals surface area contributed by atoms with Crippen molar-refractivity contribution in [2.75, 3.05) is 24.3 Å². The van der Waals surface area contributed by atoms with Crippen LogP contribution in [0.25, 0.3) is 0 Å². The van der Waals surface area contributed by atoms with Gasteiger partial charge >= 0.3 is 0 Å². The topological polar surface area (TPSA) is 38.5 Å². The van der Waals surface area contributed by atoms with Gasteiger partial charge in [0.2, 0.25) is 0 Å². The largest absolute Gasteiger partial charge is 0.495 e. The van der Waals surface area contributed by atoms with Gasteiger partial charge in [-0.3, -0.25) is 0 Å². The van der Waals surface area contributed by atoms with E-state index >= 15 is 0 Å².